The van der Waals surface area contributed by atoms with E-state index in [1.807, 2.05) is 6.07 Å². The number of benzene rings is 1. The van der Waals surface area contributed by atoms with Gasteiger partial charge in [0.1, 0.15) is 0 Å². The Hall–Kier alpha value is -1.60. The molecule has 4 nitrogen and oxygen atoms in total. The number of carbonyl (C=O) groups is 1. The number of halogens is 3. The summed E-state index contributed by atoms with van der Waals surface area (Å²) in [7, 11) is 0. The summed E-state index contributed by atoms with van der Waals surface area (Å²) in [6, 6.07) is 10.5. The van der Waals surface area contributed by atoms with Crippen LogP contribution in [0.5, 0.6) is 0 Å². The molecule has 0 radical (unpaired) electrons. The Kier molecular flexibility index (Phi) is 5.08. The van der Waals surface area contributed by atoms with E-state index < -0.39 is 12.1 Å². The first kappa shape index (κ1) is 16.8. The molecule has 7 heteroatoms. The van der Waals surface area contributed by atoms with E-state index in [-0.39, 0.29) is 6.10 Å². The van der Waals surface area contributed by atoms with Crippen molar-refractivity contribution in [1.29, 1.82) is 0 Å². The average molecular weight is 317 g/mol. The van der Waals surface area contributed by atoms with E-state index in [2.05, 4.69) is 36.5 Å². The van der Waals surface area contributed by atoms with Crippen LogP contribution in [-0.2, 0) is 9.53 Å². The number of piperidine rings is 1. The summed E-state index contributed by atoms with van der Waals surface area (Å²) in [4.78, 5) is 8.90. The molecule has 1 aliphatic heterocycles. The Morgan fingerprint density at radius 1 is 1.27 bits per heavy atom. The summed E-state index contributed by atoms with van der Waals surface area (Å²) >= 11 is 0. The first-order chi connectivity index (χ1) is 10.3. The monoisotopic (exact) mass is 317 g/mol. The molecule has 3 rings (SSSR count). The summed E-state index contributed by atoms with van der Waals surface area (Å²) in [5.41, 5.74) is 1.29. The summed E-state index contributed by atoms with van der Waals surface area (Å²) in [6.45, 7) is 4.45. The zero-order valence-electron chi connectivity index (χ0n) is 12.0. The van der Waals surface area contributed by atoms with Crippen molar-refractivity contribution in [1.82, 2.24) is 5.32 Å². The molecule has 2 aliphatic rings. The number of fused-ring (bicyclic) bond motifs is 1. The van der Waals surface area contributed by atoms with Crippen LogP contribution in [0.4, 0.5) is 13.2 Å². The number of alkyl halides is 3. The molecule has 4 atom stereocenters. The van der Waals surface area contributed by atoms with Gasteiger partial charge in [0.25, 0.3) is 0 Å². The molecule has 2 N–H and O–H groups in total. The average Bonchev–Trinajstić information content (AvgIpc) is 2.89. The predicted molar refractivity (Wildman–Crippen MR) is 73.3 cm³/mol. The van der Waals surface area contributed by atoms with Crippen LogP contribution in [0.3, 0.4) is 0 Å². The van der Waals surface area contributed by atoms with Gasteiger partial charge in [0, 0.05) is 24.9 Å². The van der Waals surface area contributed by atoms with Crippen molar-refractivity contribution in [3.05, 3.63) is 35.9 Å². The fourth-order valence-corrected chi connectivity index (χ4v) is 2.60. The molecule has 122 valence electrons. The molecule has 1 heterocycles. The largest absolute Gasteiger partial charge is 0.490 e. The van der Waals surface area contributed by atoms with Crippen molar-refractivity contribution in [2.45, 2.75) is 25.3 Å². The maximum Gasteiger partial charge on any atom is 0.490 e. The third-order valence-electron chi connectivity index (χ3n) is 3.89. The third-order valence-corrected chi connectivity index (χ3v) is 3.89. The number of carboxylic acid groups (broad SMARTS) is 1. The van der Waals surface area contributed by atoms with Gasteiger partial charge in [0.05, 0.1) is 12.2 Å². The number of aliphatic carboxylic acids is 1. The van der Waals surface area contributed by atoms with Gasteiger partial charge in [-0.05, 0) is 12.5 Å². The van der Waals surface area contributed by atoms with Crippen molar-refractivity contribution in [3.8, 4) is 0 Å². The Balaban J connectivity index is 0.000000217. The minimum atomic E-state index is -5.08. The quantitative estimate of drug-likeness (QED) is 0.900. The van der Waals surface area contributed by atoms with Crippen LogP contribution in [-0.4, -0.2) is 36.4 Å². The number of rotatable bonds is 3. The number of hydrogen-bond acceptors (Lipinski definition) is 3. The maximum absolute atomic E-state index is 10.6. The minimum absolute atomic E-state index is 0.238. The second-order valence-corrected chi connectivity index (χ2v) is 5.44. The molecule has 0 amide bonds. The molecule has 0 bridgehead atoms. The molecule has 1 aromatic carbocycles. The lowest BCUT2D eigenvalue weighted by molar-refractivity contribution is -0.192. The van der Waals surface area contributed by atoms with Crippen LogP contribution in [0, 0.1) is 11.8 Å². The molecule has 2 fully saturated rings. The van der Waals surface area contributed by atoms with Crippen molar-refractivity contribution < 1.29 is 27.8 Å². The van der Waals surface area contributed by atoms with Crippen LogP contribution >= 0.6 is 0 Å². The van der Waals surface area contributed by atoms with E-state index in [9.17, 15) is 13.2 Å². The van der Waals surface area contributed by atoms with Gasteiger partial charge in [-0.1, -0.05) is 30.3 Å². The predicted octanol–water partition coefficient (Wildman–Crippen LogP) is 2.62. The highest BCUT2D eigenvalue weighted by Gasteiger charge is 2.54. The minimum Gasteiger partial charge on any atom is -0.475 e. The molecular weight excluding hydrogens is 299 g/mol. The van der Waals surface area contributed by atoms with Crippen molar-refractivity contribution in [2.75, 3.05) is 13.1 Å². The summed E-state index contributed by atoms with van der Waals surface area (Å²) < 4.78 is 37.8. The molecule has 0 aromatic heterocycles. The summed E-state index contributed by atoms with van der Waals surface area (Å²) in [6.07, 6.45) is -4.33. The molecule has 22 heavy (non-hydrogen) atoms. The van der Waals surface area contributed by atoms with E-state index in [4.69, 9.17) is 14.6 Å². The molecule has 1 saturated heterocycles. The van der Waals surface area contributed by atoms with Gasteiger partial charge in [-0.2, -0.15) is 13.2 Å². The van der Waals surface area contributed by atoms with E-state index in [1.165, 1.54) is 5.56 Å². The van der Waals surface area contributed by atoms with Crippen LogP contribution in [0.25, 0.3) is 0 Å². The topological polar surface area (TPSA) is 58.6 Å². The highest BCUT2D eigenvalue weighted by molar-refractivity contribution is 5.73. The lowest BCUT2D eigenvalue weighted by Gasteiger charge is -2.15. The Labute approximate surface area is 126 Å². The summed E-state index contributed by atoms with van der Waals surface area (Å²) in [5, 5.41) is 10.5. The van der Waals surface area contributed by atoms with E-state index in [0.717, 1.165) is 24.9 Å². The zero-order chi connectivity index (χ0) is 16.3. The smallest absolute Gasteiger partial charge is 0.475 e. The first-order valence-corrected chi connectivity index (χ1v) is 7.02. The molecule has 0 spiro atoms. The van der Waals surface area contributed by atoms with Crippen LogP contribution in [0.1, 0.15) is 18.6 Å². The molecule has 1 saturated carbocycles. The number of nitrogens with one attached hydrogen (secondary N) is 1. The van der Waals surface area contributed by atoms with Gasteiger partial charge in [-0.25, -0.2) is 4.79 Å². The van der Waals surface area contributed by atoms with E-state index in [1.54, 1.807) is 0 Å². The van der Waals surface area contributed by atoms with Gasteiger partial charge >= 0.3 is 12.1 Å². The highest BCUT2D eigenvalue weighted by atomic mass is 19.4. The van der Waals surface area contributed by atoms with Crippen molar-refractivity contribution >= 4 is 5.97 Å². The second kappa shape index (κ2) is 6.66. The van der Waals surface area contributed by atoms with Crippen molar-refractivity contribution in [3.63, 3.8) is 0 Å². The molecule has 1 aliphatic carbocycles. The fraction of sp³-hybridized carbons (Fsp3) is 0.533. The Morgan fingerprint density at radius 2 is 1.77 bits per heavy atom. The van der Waals surface area contributed by atoms with Gasteiger partial charge in [-0.3, -0.25) is 0 Å². The first-order valence-electron chi connectivity index (χ1n) is 7.02. The van der Waals surface area contributed by atoms with Gasteiger partial charge in [-0.15, -0.1) is 0 Å². The summed E-state index contributed by atoms with van der Waals surface area (Å²) in [5.74, 6) is -1.18. The van der Waals surface area contributed by atoms with Crippen LogP contribution in [0.15, 0.2) is 30.3 Å². The lowest BCUT2D eigenvalue weighted by atomic mass is 10.1. The SMILES string of the molecule is CC(O[C@H]1[C@@H]2CNC[C@@H]21)c1ccccc1.O=C(O)C(F)(F)F. The molecule has 1 aromatic rings. The van der Waals surface area contributed by atoms with Crippen LogP contribution < -0.4 is 5.32 Å². The van der Waals surface area contributed by atoms with Crippen molar-refractivity contribution in [2.24, 2.45) is 11.8 Å². The van der Waals surface area contributed by atoms with Gasteiger partial charge in [0.2, 0.25) is 0 Å². The van der Waals surface area contributed by atoms with Gasteiger partial charge in [0.15, 0.2) is 0 Å². The van der Waals surface area contributed by atoms with E-state index >= 15 is 0 Å². The highest BCUT2D eigenvalue weighted by Crippen LogP contribution is 2.46. The third kappa shape index (κ3) is 4.20. The fourth-order valence-electron chi connectivity index (χ4n) is 2.60. The Bertz CT molecular complexity index is 497. The standard InChI is InChI=1S/C13H17NO.C2HF3O2/c1-9(10-5-3-2-4-6-10)15-13-11-7-14-8-12(11)13;3-2(4,5)1(6)7/h2-6,9,11-14H,7-8H2,1H3;(H,6,7)/t9?,11-,12+,13+;. The number of hydrogen-bond donors (Lipinski definition) is 2. The van der Waals surface area contributed by atoms with Crippen LogP contribution in [0.2, 0.25) is 0 Å². The lowest BCUT2D eigenvalue weighted by Crippen LogP contribution is -2.21. The zero-order valence-corrected chi connectivity index (χ0v) is 12.0. The Morgan fingerprint density at radius 3 is 2.23 bits per heavy atom. The molecule has 1 unspecified atom stereocenters. The number of ether oxygens (including phenoxy) is 1. The number of carboxylic acids is 1. The second-order valence-electron chi connectivity index (χ2n) is 5.44. The maximum atomic E-state index is 10.6. The normalized spacial score (nSPS) is 27.4. The molecular formula is C15H18F3NO3. The van der Waals surface area contributed by atoms with E-state index in [0.29, 0.717) is 6.10 Å². The van der Waals surface area contributed by atoms with Gasteiger partial charge < -0.3 is 15.2 Å².